The third-order valence-corrected chi connectivity index (χ3v) is 5.41. The lowest BCUT2D eigenvalue weighted by Gasteiger charge is -2.39. The molecule has 2 fully saturated rings. The average molecular weight is 361 g/mol. The van der Waals surface area contributed by atoms with E-state index in [2.05, 4.69) is 24.5 Å². The molecule has 6 heteroatoms. The molecule has 0 aliphatic carbocycles. The first-order valence-corrected chi connectivity index (χ1v) is 9.56. The number of halogens is 1. The van der Waals surface area contributed by atoms with Crippen molar-refractivity contribution >= 4 is 11.9 Å². The Labute approximate surface area is 154 Å². The predicted octanol–water partition coefficient (Wildman–Crippen LogP) is 3.31. The molecule has 0 aromatic heterocycles. The Balaban J connectivity index is 1.53. The largest absolute Gasteiger partial charge is 0.349 e. The fraction of sp³-hybridized carbons (Fsp3) is 0.600. The highest BCUT2D eigenvalue weighted by Gasteiger charge is 2.43. The summed E-state index contributed by atoms with van der Waals surface area (Å²) in [4.78, 5) is 26.9. The van der Waals surface area contributed by atoms with Gasteiger partial charge in [-0.05, 0) is 62.3 Å². The lowest BCUT2D eigenvalue weighted by molar-refractivity contribution is 0.0885. The zero-order chi connectivity index (χ0) is 18.7. The number of fused-ring (bicyclic) bond motifs is 2. The third kappa shape index (κ3) is 4.34. The van der Waals surface area contributed by atoms with Gasteiger partial charge in [0.1, 0.15) is 5.82 Å². The van der Waals surface area contributed by atoms with Crippen molar-refractivity contribution in [1.82, 2.24) is 15.5 Å². The van der Waals surface area contributed by atoms with Gasteiger partial charge in [0.05, 0.1) is 0 Å². The number of carbonyl (C=O) groups excluding carboxylic acids is 2. The normalized spacial score (nSPS) is 24.6. The van der Waals surface area contributed by atoms with Crippen LogP contribution in [0, 0.1) is 11.7 Å². The highest BCUT2D eigenvalue weighted by molar-refractivity contribution is 5.94. The summed E-state index contributed by atoms with van der Waals surface area (Å²) in [6.45, 7) is 4.99. The van der Waals surface area contributed by atoms with Gasteiger partial charge in [-0.1, -0.05) is 13.8 Å². The van der Waals surface area contributed by atoms with Crippen molar-refractivity contribution in [1.29, 1.82) is 0 Å². The topological polar surface area (TPSA) is 61.4 Å². The number of amides is 3. The van der Waals surface area contributed by atoms with Crippen molar-refractivity contribution in [2.24, 2.45) is 5.92 Å². The van der Waals surface area contributed by atoms with Crippen LogP contribution >= 0.6 is 0 Å². The molecule has 2 atom stereocenters. The molecule has 2 saturated heterocycles. The van der Waals surface area contributed by atoms with Crippen molar-refractivity contribution in [3.05, 3.63) is 35.6 Å². The average Bonchev–Trinajstić information content (AvgIpc) is 2.86. The van der Waals surface area contributed by atoms with E-state index < -0.39 is 0 Å². The fourth-order valence-corrected chi connectivity index (χ4v) is 4.06. The van der Waals surface area contributed by atoms with Gasteiger partial charge in [-0.15, -0.1) is 0 Å². The van der Waals surface area contributed by atoms with E-state index in [9.17, 15) is 14.0 Å². The molecule has 1 aromatic rings. The minimum absolute atomic E-state index is 0.0291. The number of benzene rings is 1. The molecule has 26 heavy (non-hydrogen) atoms. The summed E-state index contributed by atoms with van der Waals surface area (Å²) in [5.41, 5.74) is 0.465. The number of nitrogens with zero attached hydrogens (tertiary/aromatic N) is 1. The number of rotatable bonds is 5. The van der Waals surface area contributed by atoms with E-state index in [-0.39, 0.29) is 35.9 Å². The van der Waals surface area contributed by atoms with Crippen LogP contribution in [0.1, 0.15) is 56.3 Å². The second-order valence-corrected chi connectivity index (χ2v) is 7.86. The molecule has 2 aliphatic heterocycles. The Kier molecular flexibility index (Phi) is 5.79. The van der Waals surface area contributed by atoms with E-state index in [0.29, 0.717) is 18.0 Å². The molecule has 0 radical (unpaired) electrons. The zero-order valence-corrected chi connectivity index (χ0v) is 15.5. The molecule has 0 saturated carbocycles. The van der Waals surface area contributed by atoms with Crippen LogP contribution in [0.5, 0.6) is 0 Å². The molecule has 142 valence electrons. The number of piperidine rings is 1. The maximum Gasteiger partial charge on any atom is 0.317 e. The van der Waals surface area contributed by atoms with Crippen molar-refractivity contribution in [2.45, 2.75) is 64.1 Å². The van der Waals surface area contributed by atoms with Crippen molar-refractivity contribution < 1.29 is 14.0 Å². The van der Waals surface area contributed by atoms with E-state index in [0.717, 1.165) is 32.1 Å². The molecular weight excluding hydrogens is 333 g/mol. The Morgan fingerprint density at radius 3 is 2.35 bits per heavy atom. The van der Waals surface area contributed by atoms with Crippen LogP contribution < -0.4 is 10.6 Å². The first kappa shape index (κ1) is 18.7. The van der Waals surface area contributed by atoms with Crippen LogP contribution in [0.25, 0.3) is 0 Å². The van der Waals surface area contributed by atoms with Crippen molar-refractivity contribution in [3.8, 4) is 0 Å². The van der Waals surface area contributed by atoms with Crippen LogP contribution in [-0.4, -0.2) is 41.5 Å². The molecule has 2 heterocycles. The minimum atomic E-state index is -0.351. The van der Waals surface area contributed by atoms with Crippen molar-refractivity contribution in [2.75, 3.05) is 6.54 Å². The molecule has 0 spiro atoms. The summed E-state index contributed by atoms with van der Waals surface area (Å²) in [7, 11) is 0. The van der Waals surface area contributed by atoms with E-state index in [4.69, 9.17) is 0 Å². The molecule has 2 aliphatic rings. The Morgan fingerprint density at radius 1 is 1.15 bits per heavy atom. The highest BCUT2D eigenvalue weighted by Crippen LogP contribution is 2.35. The second-order valence-electron chi connectivity index (χ2n) is 7.86. The zero-order valence-electron chi connectivity index (χ0n) is 15.5. The van der Waals surface area contributed by atoms with E-state index >= 15 is 0 Å². The van der Waals surface area contributed by atoms with Gasteiger partial charge in [-0.3, -0.25) is 4.79 Å². The minimum Gasteiger partial charge on any atom is -0.349 e. The number of urea groups is 1. The molecule has 5 nitrogen and oxygen atoms in total. The van der Waals surface area contributed by atoms with Crippen LogP contribution in [0.15, 0.2) is 24.3 Å². The van der Waals surface area contributed by atoms with E-state index in [1.165, 1.54) is 24.3 Å². The van der Waals surface area contributed by atoms with Crippen LogP contribution in [0.4, 0.5) is 9.18 Å². The SMILES string of the molecule is CC(C)CCNC(=O)N1C2CCC1CC(NC(=O)c1ccc(F)cc1)C2. The number of nitrogens with one attached hydrogen (secondary N) is 2. The monoisotopic (exact) mass is 361 g/mol. The van der Waals surface area contributed by atoms with E-state index in [1.807, 2.05) is 4.90 Å². The quantitative estimate of drug-likeness (QED) is 0.845. The van der Waals surface area contributed by atoms with E-state index in [1.54, 1.807) is 0 Å². The number of hydrogen-bond acceptors (Lipinski definition) is 2. The lowest BCUT2D eigenvalue weighted by atomic mass is 9.97. The Hall–Kier alpha value is -2.11. The first-order valence-electron chi connectivity index (χ1n) is 9.56. The summed E-state index contributed by atoms with van der Waals surface area (Å²) in [5, 5.41) is 6.09. The molecule has 3 rings (SSSR count). The maximum absolute atomic E-state index is 13.0. The molecule has 2 unspecified atom stereocenters. The van der Waals surface area contributed by atoms with Gasteiger partial charge in [0.25, 0.3) is 5.91 Å². The molecule has 1 aromatic carbocycles. The molecule has 2 bridgehead atoms. The first-order chi connectivity index (χ1) is 12.4. The van der Waals surface area contributed by atoms with Gasteiger partial charge in [-0.25, -0.2) is 9.18 Å². The van der Waals surface area contributed by atoms with Gasteiger partial charge in [0, 0.05) is 30.2 Å². The molecule has 3 amide bonds. The van der Waals surface area contributed by atoms with Gasteiger partial charge in [-0.2, -0.15) is 0 Å². The predicted molar refractivity (Wildman–Crippen MR) is 98.4 cm³/mol. The molecule has 2 N–H and O–H groups in total. The standard InChI is InChI=1S/C20H28FN3O2/c1-13(2)9-10-22-20(26)24-17-7-8-18(24)12-16(11-17)23-19(25)14-3-5-15(21)6-4-14/h3-6,13,16-18H,7-12H2,1-2H3,(H,22,26)(H,23,25). The maximum atomic E-state index is 13.0. The van der Waals surface area contributed by atoms with Crippen LogP contribution in [0.2, 0.25) is 0 Å². The Morgan fingerprint density at radius 2 is 1.77 bits per heavy atom. The van der Waals surface area contributed by atoms with Gasteiger partial charge >= 0.3 is 6.03 Å². The fourth-order valence-electron chi connectivity index (χ4n) is 4.06. The smallest absolute Gasteiger partial charge is 0.317 e. The third-order valence-electron chi connectivity index (χ3n) is 5.41. The van der Waals surface area contributed by atoms with Gasteiger partial charge < -0.3 is 15.5 Å². The van der Waals surface area contributed by atoms with Crippen LogP contribution in [0.3, 0.4) is 0 Å². The highest BCUT2D eigenvalue weighted by atomic mass is 19.1. The second kappa shape index (κ2) is 8.06. The number of hydrogen-bond donors (Lipinski definition) is 2. The summed E-state index contributed by atoms with van der Waals surface area (Å²) in [5.74, 6) is 0.0417. The lowest BCUT2D eigenvalue weighted by Crippen LogP contribution is -2.55. The Bertz CT molecular complexity index is 633. The number of carbonyl (C=O) groups is 2. The summed E-state index contributed by atoms with van der Waals surface area (Å²) in [6.07, 6.45) is 4.52. The summed E-state index contributed by atoms with van der Waals surface area (Å²) >= 11 is 0. The summed E-state index contributed by atoms with van der Waals surface area (Å²) in [6, 6.07) is 6.04. The molecular formula is C20H28FN3O2. The van der Waals surface area contributed by atoms with Gasteiger partial charge in [0.15, 0.2) is 0 Å². The van der Waals surface area contributed by atoms with Gasteiger partial charge in [0.2, 0.25) is 0 Å². The van der Waals surface area contributed by atoms with Crippen LogP contribution in [-0.2, 0) is 0 Å². The summed E-state index contributed by atoms with van der Waals surface area (Å²) < 4.78 is 13.0. The van der Waals surface area contributed by atoms with Crippen molar-refractivity contribution in [3.63, 3.8) is 0 Å².